The smallest absolute Gasteiger partial charge is 0.225 e. The molecule has 0 bridgehead atoms. The number of aliphatic imine (C=N–C) groups is 1. The summed E-state index contributed by atoms with van der Waals surface area (Å²) in [6.45, 7) is 14.0. The molecule has 0 atom stereocenters. The maximum absolute atomic E-state index is 12.5. The van der Waals surface area contributed by atoms with Gasteiger partial charge in [0.05, 0.1) is 0 Å². The summed E-state index contributed by atoms with van der Waals surface area (Å²) in [5.74, 6) is 2.40. The predicted molar refractivity (Wildman–Crippen MR) is 113 cm³/mol. The van der Waals surface area contributed by atoms with Crippen molar-refractivity contribution in [3.63, 3.8) is 0 Å². The first-order valence-electron chi connectivity index (χ1n) is 11.1. The minimum Gasteiger partial charge on any atom is -0.357 e. The van der Waals surface area contributed by atoms with Gasteiger partial charge in [0.1, 0.15) is 0 Å². The van der Waals surface area contributed by atoms with Crippen LogP contribution in [0.3, 0.4) is 0 Å². The van der Waals surface area contributed by atoms with Crippen molar-refractivity contribution in [2.24, 2.45) is 16.8 Å². The van der Waals surface area contributed by atoms with E-state index in [0.717, 1.165) is 83.5 Å². The zero-order valence-electron chi connectivity index (χ0n) is 17.8. The Hall–Kier alpha value is -1.30. The monoisotopic (exact) mass is 379 g/mol. The molecule has 2 rings (SSSR count). The third-order valence-corrected chi connectivity index (χ3v) is 5.66. The van der Waals surface area contributed by atoms with E-state index < -0.39 is 0 Å². The molecule has 1 heterocycles. The molecule has 0 aromatic carbocycles. The molecule has 1 saturated carbocycles. The first-order valence-corrected chi connectivity index (χ1v) is 11.1. The normalized spacial score (nSPS) is 19.7. The van der Waals surface area contributed by atoms with E-state index in [1.807, 2.05) is 0 Å². The summed E-state index contributed by atoms with van der Waals surface area (Å²) in [5.41, 5.74) is 0. The third kappa shape index (κ3) is 8.08. The molecule has 1 saturated heterocycles. The van der Waals surface area contributed by atoms with E-state index in [1.54, 1.807) is 0 Å². The highest BCUT2D eigenvalue weighted by Gasteiger charge is 2.29. The second kappa shape index (κ2) is 12.2. The molecule has 2 aliphatic rings. The number of guanidine groups is 1. The van der Waals surface area contributed by atoms with E-state index >= 15 is 0 Å². The van der Waals surface area contributed by atoms with Crippen LogP contribution in [0.4, 0.5) is 0 Å². The lowest BCUT2D eigenvalue weighted by Crippen LogP contribution is -2.51. The standard InChI is InChI=1S/C21H41N5O/c1-4-22-21(23-11-7-8-18(2)3)24-12-13-25-14-16-26(17-15-25)20(27)19-9-5-6-10-19/h18-19H,4-17H2,1-3H3,(H2,22,23,24). The number of hydrogen-bond acceptors (Lipinski definition) is 3. The van der Waals surface area contributed by atoms with Crippen LogP contribution in [0, 0.1) is 11.8 Å². The molecule has 1 amide bonds. The van der Waals surface area contributed by atoms with Crippen LogP contribution in [0.5, 0.6) is 0 Å². The van der Waals surface area contributed by atoms with Crippen molar-refractivity contribution >= 4 is 11.9 Å². The van der Waals surface area contributed by atoms with Crippen molar-refractivity contribution < 1.29 is 4.79 Å². The van der Waals surface area contributed by atoms with Crippen molar-refractivity contribution in [3.8, 4) is 0 Å². The van der Waals surface area contributed by atoms with Gasteiger partial charge < -0.3 is 15.5 Å². The second-order valence-corrected chi connectivity index (χ2v) is 8.37. The highest BCUT2D eigenvalue weighted by atomic mass is 16.2. The van der Waals surface area contributed by atoms with Crippen LogP contribution in [-0.4, -0.2) is 74.0 Å². The van der Waals surface area contributed by atoms with Crippen LogP contribution in [0.1, 0.15) is 59.3 Å². The highest BCUT2D eigenvalue weighted by molar-refractivity contribution is 5.80. The van der Waals surface area contributed by atoms with Crippen LogP contribution < -0.4 is 10.6 Å². The van der Waals surface area contributed by atoms with Crippen molar-refractivity contribution in [1.29, 1.82) is 0 Å². The number of hydrogen-bond donors (Lipinski definition) is 2. The summed E-state index contributed by atoms with van der Waals surface area (Å²) in [6, 6.07) is 0. The van der Waals surface area contributed by atoms with Crippen molar-refractivity contribution in [2.75, 3.05) is 52.4 Å². The van der Waals surface area contributed by atoms with Crippen LogP contribution in [-0.2, 0) is 4.79 Å². The molecule has 2 N–H and O–H groups in total. The first kappa shape index (κ1) is 22.0. The number of rotatable bonds is 9. The summed E-state index contributed by atoms with van der Waals surface area (Å²) in [7, 11) is 0. The Morgan fingerprint density at radius 1 is 1.11 bits per heavy atom. The number of carbonyl (C=O) groups excluding carboxylic acids is 1. The fourth-order valence-electron chi connectivity index (χ4n) is 3.99. The van der Waals surface area contributed by atoms with E-state index in [-0.39, 0.29) is 0 Å². The minimum atomic E-state index is 0.313. The average molecular weight is 380 g/mol. The molecule has 27 heavy (non-hydrogen) atoms. The Morgan fingerprint density at radius 3 is 2.44 bits per heavy atom. The molecule has 2 fully saturated rings. The van der Waals surface area contributed by atoms with Gasteiger partial charge in [-0.2, -0.15) is 0 Å². The lowest BCUT2D eigenvalue weighted by molar-refractivity contribution is -0.137. The van der Waals surface area contributed by atoms with E-state index in [9.17, 15) is 4.79 Å². The molecule has 0 spiro atoms. The maximum atomic E-state index is 12.5. The second-order valence-electron chi connectivity index (χ2n) is 8.37. The summed E-state index contributed by atoms with van der Waals surface area (Å²) in [6.07, 6.45) is 7.04. The number of carbonyl (C=O) groups is 1. The van der Waals surface area contributed by atoms with Crippen LogP contribution in [0.15, 0.2) is 4.99 Å². The van der Waals surface area contributed by atoms with Gasteiger partial charge in [0.2, 0.25) is 5.91 Å². The molecule has 0 aromatic rings. The summed E-state index contributed by atoms with van der Waals surface area (Å²) in [5, 5.41) is 6.78. The molecular weight excluding hydrogens is 338 g/mol. The topological polar surface area (TPSA) is 60.0 Å². The maximum Gasteiger partial charge on any atom is 0.225 e. The van der Waals surface area contributed by atoms with Gasteiger partial charge >= 0.3 is 0 Å². The predicted octanol–water partition coefficient (Wildman–Crippen LogP) is 2.31. The molecule has 156 valence electrons. The number of piperazine rings is 1. The van der Waals surface area contributed by atoms with Gasteiger partial charge in [-0.05, 0) is 38.5 Å². The third-order valence-electron chi connectivity index (χ3n) is 5.66. The summed E-state index contributed by atoms with van der Waals surface area (Å²) in [4.78, 5) is 21.7. The fraction of sp³-hybridized carbons (Fsp3) is 0.905. The van der Waals surface area contributed by atoms with Gasteiger partial charge in [0.25, 0.3) is 0 Å². The largest absolute Gasteiger partial charge is 0.357 e. The Balaban J connectivity index is 1.62. The molecular formula is C21H41N5O. The Morgan fingerprint density at radius 2 is 1.81 bits per heavy atom. The van der Waals surface area contributed by atoms with Crippen molar-refractivity contribution in [1.82, 2.24) is 20.4 Å². The minimum absolute atomic E-state index is 0.313. The molecule has 1 aliphatic carbocycles. The quantitative estimate of drug-likeness (QED) is 0.367. The molecule has 1 aliphatic heterocycles. The van der Waals surface area contributed by atoms with Crippen molar-refractivity contribution in [3.05, 3.63) is 0 Å². The SMILES string of the molecule is CCNC(=NCCCC(C)C)NCCN1CCN(C(=O)C2CCCC2)CC1. The van der Waals surface area contributed by atoms with E-state index in [2.05, 4.69) is 46.2 Å². The van der Waals surface area contributed by atoms with Gasteiger partial charge in [0, 0.05) is 58.3 Å². The average Bonchev–Trinajstić information content (AvgIpc) is 3.19. The van der Waals surface area contributed by atoms with Gasteiger partial charge in [-0.1, -0.05) is 26.7 Å². The van der Waals surface area contributed by atoms with Gasteiger partial charge in [-0.25, -0.2) is 0 Å². The lowest BCUT2D eigenvalue weighted by Gasteiger charge is -2.36. The fourth-order valence-corrected chi connectivity index (χ4v) is 3.99. The zero-order valence-corrected chi connectivity index (χ0v) is 17.8. The lowest BCUT2D eigenvalue weighted by atomic mass is 10.1. The first-order chi connectivity index (χ1) is 13.1. The Labute approximate surface area is 166 Å². The molecule has 6 nitrogen and oxygen atoms in total. The Kier molecular flexibility index (Phi) is 9.95. The van der Waals surface area contributed by atoms with Crippen LogP contribution in [0.25, 0.3) is 0 Å². The Bertz CT molecular complexity index is 451. The molecule has 0 unspecified atom stereocenters. The van der Waals surface area contributed by atoms with Crippen LogP contribution in [0.2, 0.25) is 0 Å². The van der Waals surface area contributed by atoms with Gasteiger partial charge in [-0.3, -0.25) is 14.7 Å². The van der Waals surface area contributed by atoms with Gasteiger partial charge in [-0.15, -0.1) is 0 Å². The van der Waals surface area contributed by atoms with E-state index in [4.69, 9.17) is 0 Å². The summed E-state index contributed by atoms with van der Waals surface area (Å²) < 4.78 is 0. The number of nitrogens with zero attached hydrogens (tertiary/aromatic N) is 3. The number of nitrogens with one attached hydrogen (secondary N) is 2. The van der Waals surface area contributed by atoms with E-state index in [0.29, 0.717) is 11.8 Å². The molecule has 6 heteroatoms. The van der Waals surface area contributed by atoms with Crippen LogP contribution >= 0.6 is 0 Å². The number of amides is 1. The summed E-state index contributed by atoms with van der Waals surface area (Å²) >= 11 is 0. The highest BCUT2D eigenvalue weighted by Crippen LogP contribution is 2.26. The van der Waals surface area contributed by atoms with E-state index in [1.165, 1.54) is 19.3 Å². The molecule has 0 aromatic heterocycles. The van der Waals surface area contributed by atoms with Crippen molar-refractivity contribution in [2.45, 2.75) is 59.3 Å². The molecule has 0 radical (unpaired) electrons. The van der Waals surface area contributed by atoms with Gasteiger partial charge in [0.15, 0.2) is 5.96 Å². The zero-order chi connectivity index (χ0) is 19.5.